The Morgan fingerprint density at radius 2 is 1.59 bits per heavy atom. The van der Waals surface area contributed by atoms with Crippen LogP contribution in [0.15, 0.2) is 67.1 Å². The highest BCUT2D eigenvalue weighted by molar-refractivity contribution is 5.79. The highest BCUT2D eigenvalue weighted by atomic mass is 19.3. The van der Waals surface area contributed by atoms with Crippen LogP contribution in [0.25, 0.3) is 28.1 Å². The van der Waals surface area contributed by atoms with Crippen LogP contribution in [-0.2, 0) is 0 Å². The van der Waals surface area contributed by atoms with E-state index in [1.807, 2.05) is 0 Å². The molecule has 29 heavy (non-hydrogen) atoms. The van der Waals surface area contributed by atoms with Gasteiger partial charge >= 0.3 is 0 Å². The number of benzene rings is 2. The van der Waals surface area contributed by atoms with Gasteiger partial charge in [-0.2, -0.15) is 0 Å². The average Bonchev–Trinajstić information content (AvgIpc) is 3.29. The van der Waals surface area contributed by atoms with Crippen LogP contribution >= 0.6 is 0 Å². The normalized spacial score (nSPS) is 10.6. The van der Waals surface area contributed by atoms with Crippen molar-refractivity contribution in [2.24, 2.45) is 0 Å². The molecule has 0 aliphatic rings. The Balaban J connectivity index is 1.80. The zero-order valence-corrected chi connectivity index (χ0v) is 14.5. The summed E-state index contributed by atoms with van der Waals surface area (Å²) < 4.78 is 40.4. The van der Waals surface area contributed by atoms with Crippen molar-refractivity contribution in [1.29, 1.82) is 0 Å². The number of rotatable bonds is 6. The minimum absolute atomic E-state index is 0.0785. The van der Waals surface area contributed by atoms with Crippen molar-refractivity contribution in [2.45, 2.75) is 0 Å². The number of hydrogen-bond acceptors (Lipinski definition) is 6. The van der Waals surface area contributed by atoms with Gasteiger partial charge in [-0.1, -0.05) is 17.3 Å². The first-order valence-electron chi connectivity index (χ1n) is 8.21. The number of hydrogen-bond donors (Lipinski definition) is 0. The minimum atomic E-state index is -0.371. The first-order chi connectivity index (χ1) is 14.2. The highest BCUT2D eigenvalue weighted by Crippen LogP contribution is 2.42. The van der Waals surface area contributed by atoms with Crippen molar-refractivity contribution >= 4 is 0 Å². The van der Waals surface area contributed by atoms with Gasteiger partial charge in [-0.25, -0.2) is 4.68 Å². The number of aromatic nitrogens is 4. The summed E-state index contributed by atoms with van der Waals surface area (Å²) in [5.41, 5.74) is 1.56. The molecule has 0 aliphatic carbocycles. The summed E-state index contributed by atoms with van der Waals surface area (Å²) in [5, 5.41) is 7.98. The molecule has 2 heterocycles. The summed E-state index contributed by atoms with van der Waals surface area (Å²) >= 11 is 0. The molecule has 0 saturated heterocycles. The van der Waals surface area contributed by atoms with Crippen LogP contribution in [0.2, 0.25) is 0 Å². The standard InChI is InChI=1S/C19H11F3N4O3/c20-27-15-5-1-3-12(7-15)19-17(28-21)8-14(9-18(19)29-22)26-11-16(24-25-26)13-4-2-6-23-10-13/h1-11H. The molecular weight excluding hydrogens is 389 g/mol. The second-order valence-corrected chi connectivity index (χ2v) is 5.87. The van der Waals surface area contributed by atoms with E-state index in [1.165, 1.54) is 41.1 Å². The van der Waals surface area contributed by atoms with Crippen LogP contribution in [0.3, 0.4) is 0 Å². The van der Waals surface area contributed by atoms with Crippen LogP contribution in [0, 0.1) is 0 Å². The summed E-state index contributed by atoms with van der Waals surface area (Å²) in [6, 6.07) is 11.6. The third-order valence-corrected chi connectivity index (χ3v) is 4.14. The molecular formula is C19H11F3N4O3. The molecule has 0 atom stereocenters. The Hall–Kier alpha value is -4.08. The molecule has 0 amide bonds. The summed E-state index contributed by atoms with van der Waals surface area (Å²) in [6.45, 7) is 0. The fourth-order valence-electron chi connectivity index (χ4n) is 2.85. The molecule has 7 nitrogen and oxygen atoms in total. The maximum Gasteiger partial charge on any atom is 0.185 e. The van der Waals surface area contributed by atoms with E-state index < -0.39 is 0 Å². The van der Waals surface area contributed by atoms with Gasteiger partial charge in [-0.05, 0) is 29.8 Å². The molecule has 2 aromatic heterocycles. The zero-order valence-electron chi connectivity index (χ0n) is 14.5. The van der Waals surface area contributed by atoms with Crippen molar-refractivity contribution in [3.63, 3.8) is 0 Å². The molecule has 0 fully saturated rings. The van der Waals surface area contributed by atoms with Gasteiger partial charge < -0.3 is 0 Å². The maximum atomic E-state index is 13.3. The minimum Gasteiger partial charge on any atom is -0.294 e. The zero-order chi connectivity index (χ0) is 20.2. The van der Waals surface area contributed by atoms with Crippen LogP contribution in [0.1, 0.15) is 0 Å². The van der Waals surface area contributed by atoms with Crippen molar-refractivity contribution in [2.75, 3.05) is 0 Å². The van der Waals surface area contributed by atoms with Gasteiger partial charge in [0.1, 0.15) is 5.69 Å². The van der Waals surface area contributed by atoms with Crippen molar-refractivity contribution < 1.29 is 28.4 Å². The lowest BCUT2D eigenvalue weighted by atomic mass is 10.0. The van der Waals surface area contributed by atoms with Crippen molar-refractivity contribution in [1.82, 2.24) is 20.0 Å². The molecule has 0 bridgehead atoms. The first-order valence-corrected chi connectivity index (χ1v) is 8.21. The van der Waals surface area contributed by atoms with Crippen molar-refractivity contribution in [3.05, 3.63) is 67.1 Å². The van der Waals surface area contributed by atoms with E-state index in [4.69, 9.17) is 0 Å². The molecule has 0 N–H and O–H groups in total. The van der Waals surface area contributed by atoms with Crippen molar-refractivity contribution in [3.8, 4) is 45.3 Å². The summed E-state index contributed by atoms with van der Waals surface area (Å²) in [7, 11) is 0. The van der Waals surface area contributed by atoms with E-state index >= 15 is 0 Å². The van der Waals surface area contributed by atoms with Crippen LogP contribution in [0.5, 0.6) is 17.2 Å². The quantitative estimate of drug-likeness (QED) is 0.464. The highest BCUT2D eigenvalue weighted by Gasteiger charge is 2.20. The van der Waals surface area contributed by atoms with E-state index in [1.54, 1.807) is 30.7 Å². The SMILES string of the molecule is FOc1cccc(-c2c(OF)cc(-n3cc(-c4cccnc4)nn3)cc2OF)c1. The molecule has 4 rings (SSSR count). The van der Waals surface area contributed by atoms with E-state index in [0.717, 1.165) is 0 Å². The molecule has 0 aliphatic heterocycles. The molecule has 0 unspecified atom stereocenters. The van der Waals surface area contributed by atoms with E-state index in [2.05, 4.69) is 30.1 Å². The molecule has 2 aromatic carbocycles. The topological polar surface area (TPSA) is 71.3 Å². The lowest BCUT2D eigenvalue weighted by Gasteiger charge is -2.11. The van der Waals surface area contributed by atoms with Gasteiger partial charge in [0.2, 0.25) is 0 Å². The van der Waals surface area contributed by atoms with Gasteiger partial charge in [0.15, 0.2) is 17.2 Å². The summed E-state index contributed by atoms with van der Waals surface area (Å²) in [4.78, 5) is 15.5. The fraction of sp³-hybridized carbons (Fsp3) is 0. The lowest BCUT2D eigenvalue weighted by molar-refractivity contribution is -0.0141. The van der Waals surface area contributed by atoms with Crippen LogP contribution < -0.4 is 14.8 Å². The largest absolute Gasteiger partial charge is 0.294 e. The van der Waals surface area contributed by atoms with Crippen LogP contribution in [-0.4, -0.2) is 20.0 Å². The number of pyridine rings is 1. The fourth-order valence-corrected chi connectivity index (χ4v) is 2.85. The second kappa shape index (κ2) is 7.89. The van der Waals surface area contributed by atoms with E-state index in [0.29, 0.717) is 11.3 Å². The van der Waals surface area contributed by atoms with Gasteiger partial charge in [0.05, 0.1) is 17.4 Å². The molecule has 0 spiro atoms. The van der Waals surface area contributed by atoms with E-state index in [9.17, 15) is 13.6 Å². The Morgan fingerprint density at radius 3 is 2.24 bits per heavy atom. The second-order valence-electron chi connectivity index (χ2n) is 5.87. The number of nitrogens with zero attached hydrogens (tertiary/aromatic N) is 4. The van der Waals surface area contributed by atoms with Gasteiger partial charge in [-0.15, -0.1) is 5.10 Å². The van der Waals surface area contributed by atoms with Gasteiger partial charge in [0, 0.05) is 43.7 Å². The van der Waals surface area contributed by atoms with Crippen LogP contribution in [0.4, 0.5) is 13.6 Å². The molecule has 0 saturated carbocycles. The predicted octanol–water partition coefficient (Wildman–Crippen LogP) is 4.79. The monoisotopic (exact) mass is 400 g/mol. The lowest BCUT2D eigenvalue weighted by Crippen LogP contribution is -1.98. The van der Waals surface area contributed by atoms with E-state index in [-0.39, 0.29) is 34.1 Å². The summed E-state index contributed by atoms with van der Waals surface area (Å²) in [6.07, 6.45) is 4.77. The molecule has 4 aromatic rings. The summed E-state index contributed by atoms with van der Waals surface area (Å²) in [5.74, 6) is -0.896. The Morgan fingerprint density at radius 1 is 0.828 bits per heavy atom. The average molecular weight is 400 g/mol. The molecule has 0 radical (unpaired) electrons. The predicted molar refractivity (Wildman–Crippen MR) is 95.2 cm³/mol. The third kappa shape index (κ3) is 3.55. The Labute approximate surface area is 161 Å². The third-order valence-electron chi connectivity index (χ3n) is 4.14. The van der Waals surface area contributed by atoms with Gasteiger partial charge in [0.25, 0.3) is 0 Å². The Bertz CT molecular complexity index is 1110. The molecule has 146 valence electrons. The number of halogens is 3. The first kappa shape index (κ1) is 18.3. The van der Waals surface area contributed by atoms with Gasteiger partial charge in [-0.3, -0.25) is 19.8 Å². The smallest absolute Gasteiger partial charge is 0.185 e. The maximum absolute atomic E-state index is 13.3. The molecule has 10 heteroatoms. The Kier molecular flexibility index (Phi) is 4.97.